The van der Waals surface area contributed by atoms with E-state index in [0.29, 0.717) is 24.4 Å². The van der Waals surface area contributed by atoms with E-state index in [9.17, 15) is 9.59 Å². The van der Waals surface area contributed by atoms with Crippen molar-refractivity contribution in [2.24, 2.45) is 5.92 Å². The molecule has 4 nitrogen and oxygen atoms in total. The number of carbonyl (C=O) groups excluding carboxylic acids is 2. The monoisotopic (exact) mass is 308 g/mol. The molecular formula is C16H21ClN2O2. The molecule has 0 aromatic heterocycles. The van der Waals surface area contributed by atoms with Crippen molar-refractivity contribution in [2.75, 3.05) is 13.6 Å². The number of nitrogens with zero attached hydrogens (tertiary/aromatic N) is 1. The third kappa shape index (κ3) is 4.21. The first-order valence-corrected chi connectivity index (χ1v) is 7.63. The van der Waals surface area contributed by atoms with E-state index in [2.05, 4.69) is 5.32 Å². The second kappa shape index (κ2) is 6.94. The summed E-state index contributed by atoms with van der Waals surface area (Å²) in [5.41, 5.74) is 1.02. The van der Waals surface area contributed by atoms with Crippen LogP contribution in [0.1, 0.15) is 25.3 Å². The number of halogens is 1. The van der Waals surface area contributed by atoms with Gasteiger partial charge in [-0.15, -0.1) is 0 Å². The van der Waals surface area contributed by atoms with Gasteiger partial charge in [-0.25, -0.2) is 0 Å². The summed E-state index contributed by atoms with van der Waals surface area (Å²) in [6, 6.07) is 7.63. The Labute approximate surface area is 130 Å². The van der Waals surface area contributed by atoms with Crippen LogP contribution in [0.25, 0.3) is 0 Å². The molecule has 5 heteroatoms. The second-order valence-corrected chi connectivity index (χ2v) is 6.12. The number of hydrogen-bond donors (Lipinski definition) is 1. The van der Waals surface area contributed by atoms with Gasteiger partial charge in [0, 0.05) is 37.0 Å². The van der Waals surface area contributed by atoms with Gasteiger partial charge in [0.25, 0.3) is 0 Å². The van der Waals surface area contributed by atoms with Gasteiger partial charge in [-0.2, -0.15) is 0 Å². The van der Waals surface area contributed by atoms with Gasteiger partial charge in [0.1, 0.15) is 0 Å². The summed E-state index contributed by atoms with van der Waals surface area (Å²) in [4.78, 5) is 25.6. The Morgan fingerprint density at radius 1 is 1.48 bits per heavy atom. The van der Waals surface area contributed by atoms with Crippen LogP contribution in [0.5, 0.6) is 0 Å². The minimum absolute atomic E-state index is 0.00726. The third-order valence-corrected chi connectivity index (χ3v) is 4.27. The van der Waals surface area contributed by atoms with Crippen molar-refractivity contribution in [3.05, 3.63) is 34.9 Å². The van der Waals surface area contributed by atoms with Crippen molar-refractivity contribution in [1.29, 1.82) is 0 Å². The van der Waals surface area contributed by atoms with Gasteiger partial charge >= 0.3 is 0 Å². The summed E-state index contributed by atoms with van der Waals surface area (Å²) in [6.07, 6.45) is 1.72. The molecular weight excluding hydrogens is 288 g/mol. The van der Waals surface area contributed by atoms with Crippen molar-refractivity contribution in [1.82, 2.24) is 10.2 Å². The van der Waals surface area contributed by atoms with Crippen LogP contribution in [0, 0.1) is 5.92 Å². The number of nitrogens with one attached hydrogen (secondary N) is 1. The van der Waals surface area contributed by atoms with Gasteiger partial charge in [0.15, 0.2) is 0 Å². The molecule has 0 aliphatic carbocycles. The maximum Gasteiger partial charge on any atom is 0.223 e. The van der Waals surface area contributed by atoms with E-state index in [-0.39, 0.29) is 23.8 Å². The molecule has 1 aliphatic heterocycles. The summed E-state index contributed by atoms with van der Waals surface area (Å²) in [6.45, 7) is 2.60. The zero-order valence-electron chi connectivity index (χ0n) is 12.4. The molecule has 2 atom stereocenters. The van der Waals surface area contributed by atoms with Crippen LogP contribution in [-0.4, -0.2) is 36.3 Å². The number of hydrogen-bond acceptors (Lipinski definition) is 2. The molecule has 1 heterocycles. The van der Waals surface area contributed by atoms with E-state index in [1.165, 1.54) is 0 Å². The van der Waals surface area contributed by atoms with E-state index < -0.39 is 0 Å². The Morgan fingerprint density at radius 3 is 2.86 bits per heavy atom. The molecule has 1 aromatic rings. The average Bonchev–Trinajstić information content (AvgIpc) is 2.44. The highest BCUT2D eigenvalue weighted by molar-refractivity contribution is 6.31. The number of rotatable bonds is 4. The smallest absolute Gasteiger partial charge is 0.223 e. The molecule has 1 aromatic carbocycles. The predicted octanol–water partition coefficient (Wildman–Crippen LogP) is 2.26. The van der Waals surface area contributed by atoms with Gasteiger partial charge < -0.3 is 10.2 Å². The van der Waals surface area contributed by atoms with E-state index in [4.69, 9.17) is 11.6 Å². The molecule has 1 N–H and O–H groups in total. The van der Waals surface area contributed by atoms with Crippen molar-refractivity contribution in [2.45, 2.75) is 32.2 Å². The molecule has 0 bridgehead atoms. The summed E-state index contributed by atoms with van der Waals surface area (Å²) in [5.74, 6) is -0.196. The molecule has 2 rings (SSSR count). The van der Waals surface area contributed by atoms with Gasteiger partial charge in [0.05, 0.1) is 0 Å². The largest absolute Gasteiger partial charge is 0.353 e. The van der Waals surface area contributed by atoms with Crippen LogP contribution >= 0.6 is 11.6 Å². The van der Waals surface area contributed by atoms with Crippen LogP contribution in [0.4, 0.5) is 0 Å². The fourth-order valence-corrected chi connectivity index (χ4v) is 2.79. The maximum absolute atomic E-state index is 12.2. The topological polar surface area (TPSA) is 49.4 Å². The first-order valence-electron chi connectivity index (χ1n) is 7.25. The van der Waals surface area contributed by atoms with E-state index >= 15 is 0 Å². The highest BCUT2D eigenvalue weighted by Gasteiger charge is 2.29. The van der Waals surface area contributed by atoms with Crippen LogP contribution in [-0.2, 0) is 16.0 Å². The van der Waals surface area contributed by atoms with Crippen molar-refractivity contribution < 1.29 is 9.59 Å². The molecule has 0 unspecified atom stereocenters. The second-order valence-electron chi connectivity index (χ2n) is 5.71. The number of carbonyl (C=O) groups is 2. The van der Waals surface area contributed by atoms with Crippen LogP contribution in [0.2, 0.25) is 5.02 Å². The van der Waals surface area contributed by atoms with Crippen LogP contribution < -0.4 is 5.32 Å². The zero-order valence-corrected chi connectivity index (χ0v) is 13.2. The Balaban J connectivity index is 1.88. The molecule has 21 heavy (non-hydrogen) atoms. The van der Waals surface area contributed by atoms with Gasteiger partial charge in [-0.3, -0.25) is 9.59 Å². The van der Waals surface area contributed by atoms with Gasteiger partial charge in [0.2, 0.25) is 11.8 Å². The highest BCUT2D eigenvalue weighted by Crippen LogP contribution is 2.19. The third-order valence-electron chi connectivity index (χ3n) is 3.90. The van der Waals surface area contributed by atoms with Gasteiger partial charge in [-0.1, -0.05) is 29.8 Å². The number of likely N-dealkylation sites (tertiary alicyclic amines) is 1. The SMILES string of the molecule is C[C@@H](Cc1ccccc1Cl)NC(=O)[C@@H]1CCN(C)C(=O)C1. The number of benzene rings is 1. The van der Waals surface area contributed by atoms with E-state index in [0.717, 1.165) is 12.0 Å². The molecule has 1 saturated heterocycles. The minimum atomic E-state index is -0.206. The standard InChI is InChI=1S/C16H21ClN2O2/c1-11(9-12-5-3-4-6-14(12)17)18-16(21)13-7-8-19(2)15(20)10-13/h3-6,11,13H,7-10H2,1-2H3,(H,18,21)/t11-,13+/m0/s1. The molecule has 0 radical (unpaired) electrons. The first-order chi connectivity index (χ1) is 9.97. The fourth-order valence-electron chi connectivity index (χ4n) is 2.57. The first kappa shape index (κ1) is 15.8. The lowest BCUT2D eigenvalue weighted by Crippen LogP contribution is -2.44. The normalized spacial score (nSPS) is 20.2. The summed E-state index contributed by atoms with van der Waals surface area (Å²) in [5, 5.41) is 3.71. The molecule has 2 amide bonds. The molecule has 114 valence electrons. The van der Waals surface area contributed by atoms with E-state index in [1.807, 2.05) is 31.2 Å². The Hall–Kier alpha value is -1.55. The van der Waals surface area contributed by atoms with Crippen LogP contribution in [0.3, 0.4) is 0 Å². The average molecular weight is 309 g/mol. The molecule has 1 aliphatic rings. The Bertz CT molecular complexity index is 533. The Morgan fingerprint density at radius 2 is 2.19 bits per heavy atom. The summed E-state index contributed by atoms with van der Waals surface area (Å²) >= 11 is 6.13. The van der Waals surface area contributed by atoms with Gasteiger partial charge in [-0.05, 0) is 31.4 Å². The van der Waals surface area contributed by atoms with Crippen molar-refractivity contribution in [3.63, 3.8) is 0 Å². The number of piperidine rings is 1. The minimum Gasteiger partial charge on any atom is -0.353 e. The lowest BCUT2D eigenvalue weighted by atomic mass is 9.95. The summed E-state index contributed by atoms with van der Waals surface area (Å²) < 4.78 is 0. The van der Waals surface area contributed by atoms with E-state index in [1.54, 1.807) is 11.9 Å². The molecule has 0 saturated carbocycles. The summed E-state index contributed by atoms with van der Waals surface area (Å²) in [7, 11) is 1.77. The molecule has 0 spiro atoms. The zero-order chi connectivity index (χ0) is 15.4. The maximum atomic E-state index is 12.2. The Kier molecular flexibility index (Phi) is 5.23. The molecule has 1 fully saturated rings. The quantitative estimate of drug-likeness (QED) is 0.927. The highest BCUT2D eigenvalue weighted by atomic mass is 35.5. The predicted molar refractivity (Wildman–Crippen MR) is 83.1 cm³/mol. The lowest BCUT2D eigenvalue weighted by molar-refractivity contribution is -0.139. The fraction of sp³-hybridized carbons (Fsp3) is 0.500. The van der Waals surface area contributed by atoms with Crippen LogP contribution in [0.15, 0.2) is 24.3 Å². The number of amides is 2. The lowest BCUT2D eigenvalue weighted by Gasteiger charge is -2.28. The van der Waals surface area contributed by atoms with Crippen molar-refractivity contribution in [3.8, 4) is 0 Å². The van der Waals surface area contributed by atoms with Crippen molar-refractivity contribution >= 4 is 23.4 Å².